The summed E-state index contributed by atoms with van der Waals surface area (Å²) in [6, 6.07) is 7.28. The van der Waals surface area contributed by atoms with E-state index in [9.17, 15) is 4.79 Å². The first kappa shape index (κ1) is 16.5. The molecule has 1 aromatic carbocycles. The third-order valence-corrected chi connectivity index (χ3v) is 2.88. The summed E-state index contributed by atoms with van der Waals surface area (Å²) in [6.45, 7) is 5.86. The van der Waals surface area contributed by atoms with Crippen LogP contribution in [0.3, 0.4) is 0 Å². The molecule has 0 aliphatic heterocycles. The number of nitrogens with one attached hydrogen (secondary N) is 1. The average Bonchev–Trinajstić information content (AvgIpc) is 2.43. The van der Waals surface area contributed by atoms with E-state index in [1.54, 1.807) is 18.2 Å². The van der Waals surface area contributed by atoms with Crippen LogP contribution < -0.4 is 10.1 Å². The van der Waals surface area contributed by atoms with Gasteiger partial charge < -0.3 is 10.1 Å². The van der Waals surface area contributed by atoms with E-state index >= 15 is 0 Å². The Labute approximate surface area is 125 Å². The molecule has 0 fully saturated rings. The quantitative estimate of drug-likeness (QED) is 0.562. The van der Waals surface area contributed by atoms with Gasteiger partial charge >= 0.3 is 0 Å². The highest BCUT2D eigenvalue weighted by atomic mass is 35.5. The largest absolute Gasteiger partial charge is 0.494 e. The summed E-state index contributed by atoms with van der Waals surface area (Å²) >= 11 is 5.79. The van der Waals surface area contributed by atoms with Crippen molar-refractivity contribution in [3.05, 3.63) is 41.9 Å². The van der Waals surface area contributed by atoms with Gasteiger partial charge in [-0.15, -0.1) is 6.58 Å². The molecular weight excluding hydrogens is 276 g/mol. The van der Waals surface area contributed by atoms with Crippen LogP contribution in [0.15, 0.2) is 36.9 Å². The van der Waals surface area contributed by atoms with Crippen LogP contribution in [0.25, 0.3) is 0 Å². The van der Waals surface area contributed by atoms with Gasteiger partial charge in [0, 0.05) is 18.1 Å². The van der Waals surface area contributed by atoms with Crippen molar-refractivity contribution in [3.63, 3.8) is 0 Å². The average molecular weight is 297 g/mol. The Hall–Kier alpha value is -1.52. The summed E-state index contributed by atoms with van der Waals surface area (Å²) in [5.41, 5.74) is 0. The molecule has 1 amide bonds. The van der Waals surface area contributed by atoms with E-state index in [0.717, 1.165) is 18.7 Å². The Morgan fingerprint density at radius 2 is 2.15 bits per heavy atom. The molecule has 4 nitrogen and oxygen atoms in total. The molecule has 0 aliphatic rings. The molecule has 0 aromatic heterocycles. The number of hydrogen-bond acceptors (Lipinski definition) is 3. The molecule has 5 heteroatoms. The first-order chi connectivity index (χ1) is 9.61. The van der Waals surface area contributed by atoms with Crippen LogP contribution in [-0.2, 0) is 4.79 Å². The maximum absolute atomic E-state index is 11.5. The topological polar surface area (TPSA) is 41.6 Å². The zero-order chi connectivity index (χ0) is 14.8. The van der Waals surface area contributed by atoms with Gasteiger partial charge in [0.1, 0.15) is 5.75 Å². The van der Waals surface area contributed by atoms with E-state index in [1.807, 2.05) is 24.1 Å². The smallest absolute Gasteiger partial charge is 0.234 e. The minimum Gasteiger partial charge on any atom is -0.494 e. The summed E-state index contributed by atoms with van der Waals surface area (Å²) in [5, 5.41) is 3.44. The summed E-state index contributed by atoms with van der Waals surface area (Å²) < 4.78 is 5.58. The molecule has 1 N–H and O–H groups in total. The van der Waals surface area contributed by atoms with Gasteiger partial charge in [0.15, 0.2) is 0 Å². The van der Waals surface area contributed by atoms with Crippen LogP contribution in [0.2, 0.25) is 5.02 Å². The van der Waals surface area contributed by atoms with Gasteiger partial charge in [-0.25, -0.2) is 0 Å². The van der Waals surface area contributed by atoms with Gasteiger partial charge in [0.05, 0.1) is 13.2 Å². The number of halogens is 1. The van der Waals surface area contributed by atoms with E-state index < -0.39 is 0 Å². The number of amides is 1. The first-order valence-electron chi connectivity index (χ1n) is 6.56. The number of carbonyl (C=O) groups is 1. The molecule has 0 unspecified atom stereocenters. The van der Waals surface area contributed by atoms with Crippen molar-refractivity contribution in [1.29, 1.82) is 0 Å². The fraction of sp³-hybridized carbons (Fsp3) is 0.400. The maximum Gasteiger partial charge on any atom is 0.234 e. The van der Waals surface area contributed by atoms with Gasteiger partial charge in [-0.3, -0.25) is 9.69 Å². The SMILES string of the molecule is C=CCNC(=O)CN(C)CCCOc1ccc(Cl)cc1. The second kappa shape index (κ2) is 9.39. The predicted octanol–water partition coefficient (Wildman–Crippen LogP) is 2.34. The molecule has 0 spiro atoms. The summed E-state index contributed by atoms with van der Waals surface area (Å²) in [4.78, 5) is 13.4. The Kier molecular flexibility index (Phi) is 7.77. The molecule has 1 aromatic rings. The van der Waals surface area contributed by atoms with Crippen molar-refractivity contribution in [2.75, 3.05) is 33.3 Å². The highest BCUT2D eigenvalue weighted by Crippen LogP contribution is 2.15. The van der Waals surface area contributed by atoms with Crippen LogP contribution in [0, 0.1) is 0 Å². The third-order valence-electron chi connectivity index (χ3n) is 2.62. The summed E-state index contributed by atoms with van der Waals surface area (Å²) in [7, 11) is 1.91. The van der Waals surface area contributed by atoms with Crippen LogP contribution in [0.1, 0.15) is 6.42 Å². The Morgan fingerprint density at radius 3 is 2.80 bits per heavy atom. The number of rotatable bonds is 9. The molecule has 0 heterocycles. The highest BCUT2D eigenvalue weighted by Gasteiger charge is 2.05. The van der Waals surface area contributed by atoms with E-state index in [0.29, 0.717) is 24.7 Å². The number of benzene rings is 1. The number of carbonyl (C=O) groups excluding carboxylic acids is 1. The van der Waals surface area contributed by atoms with Crippen molar-refractivity contribution in [2.45, 2.75) is 6.42 Å². The Bertz CT molecular complexity index is 420. The number of likely N-dealkylation sites (N-methyl/N-ethyl adjacent to an activating group) is 1. The van der Waals surface area contributed by atoms with E-state index in [2.05, 4.69) is 11.9 Å². The van der Waals surface area contributed by atoms with Gasteiger partial charge in [0.2, 0.25) is 5.91 Å². The second-order valence-corrected chi connectivity index (χ2v) is 4.92. The van der Waals surface area contributed by atoms with Crippen molar-refractivity contribution in [3.8, 4) is 5.75 Å². The van der Waals surface area contributed by atoms with Crippen molar-refractivity contribution < 1.29 is 9.53 Å². The van der Waals surface area contributed by atoms with Crippen LogP contribution >= 0.6 is 11.6 Å². The van der Waals surface area contributed by atoms with Crippen molar-refractivity contribution in [2.24, 2.45) is 0 Å². The van der Waals surface area contributed by atoms with E-state index in [4.69, 9.17) is 16.3 Å². The fourth-order valence-corrected chi connectivity index (χ4v) is 1.75. The molecule has 0 saturated heterocycles. The van der Waals surface area contributed by atoms with Crippen LogP contribution in [0.5, 0.6) is 5.75 Å². The second-order valence-electron chi connectivity index (χ2n) is 4.49. The van der Waals surface area contributed by atoms with Gasteiger partial charge in [-0.1, -0.05) is 17.7 Å². The predicted molar refractivity (Wildman–Crippen MR) is 82.3 cm³/mol. The van der Waals surface area contributed by atoms with Crippen LogP contribution in [0.4, 0.5) is 0 Å². The lowest BCUT2D eigenvalue weighted by atomic mass is 10.3. The zero-order valence-electron chi connectivity index (χ0n) is 11.8. The highest BCUT2D eigenvalue weighted by molar-refractivity contribution is 6.30. The molecule has 0 saturated carbocycles. The monoisotopic (exact) mass is 296 g/mol. The molecule has 20 heavy (non-hydrogen) atoms. The van der Waals surface area contributed by atoms with Crippen molar-refractivity contribution >= 4 is 17.5 Å². The fourth-order valence-electron chi connectivity index (χ4n) is 1.62. The molecule has 0 bridgehead atoms. The third kappa shape index (κ3) is 7.16. The lowest BCUT2D eigenvalue weighted by Gasteiger charge is -2.16. The van der Waals surface area contributed by atoms with Crippen molar-refractivity contribution in [1.82, 2.24) is 10.2 Å². The molecule has 0 radical (unpaired) electrons. The number of hydrogen-bond donors (Lipinski definition) is 1. The molecule has 110 valence electrons. The minimum atomic E-state index is 0.00557. The van der Waals surface area contributed by atoms with E-state index in [-0.39, 0.29) is 5.91 Å². The molecule has 0 aliphatic carbocycles. The normalized spacial score (nSPS) is 10.3. The number of ether oxygens (including phenoxy) is 1. The molecule has 0 atom stereocenters. The van der Waals surface area contributed by atoms with Gasteiger partial charge in [-0.05, 0) is 37.7 Å². The lowest BCUT2D eigenvalue weighted by Crippen LogP contribution is -2.35. The maximum atomic E-state index is 11.5. The first-order valence-corrected chi connectivity index (χ1v) is 6.94. The zero-order valence-corrected chi connectivity index (χ0v) is 12.5. The van der Waals surface area contributed by atoms with Crippen LogP contribution in [-0.4, -0.2) is 44.1 Å². The standard InChI is InChI=1S/C15H21ClN2O2/c1-3-9-17-15(19)12-18(2)10-4-11-20-14-7-5-13(16)6-8-14/h3,5-8H,1,4,9-12H2,2H3,(H,17,19). The lowest BCUT2D eigenvalue weighted by molar-refractivity contribution is -0.121. The number of nitrogens with zero attached hydrogens (tertiary/aromatic N) is 1. The van der Waals surface area contributed by atoms with Gasteiger partial charge in [-0.2, -0.15) is 0 Å². The minimum absolute atomic E-state index is 0.00557. The Morgan fingerprint density at radius 1 is 1.45 bits per heavy atom. The summed E-state index contributed by atoms with van der Waals surface area (Å²) in [5.74, 6) is 0.812. The summed E-state index contributed by atoms with van der Waals surface area (Å²) in [6.07, 6.45) is 2.52. The molecular formula is C15H21ClN2O2. The van der Waals surface area contributed by atoms with E-state index in [1.165, 1.54) is 0 Å². The molecule has 1 rings (SSSR count). The van der Waals surface area contributed by atoms with Gasteiger partial charge in [0.25, 0.3) is 0 Å². The Balaban J connectivity index is 2.12.